The minimum Gasteiger partial charge on any atom is -0.399 e. The van der Waals surface area contributed by atoms with Crippen molar-refractivity contribution < 1.29 is 5.11 Å². The zero-order chi connectivity index (χ0) is 12.8. The Morgan fingerprint density at radius 2 is 2.06 bits per heavy atom. The first-order chi connectivity index (χ1) is 8.79. The first kappa shape index (κ1) is 13.1. The predicted octanol–water partition coefficient (Wildman–Crippen LogP) is 2.84. The maximum Gasteiger partial charge on any atom is 0.183 e. The maximum atomic E-state index is 8.67. The van der Waals surface area contributed by atoms with Crippen molar-refractivity contribution in [2.45, 2.75) is 25.7 Å². The minimum absolute atomic E-state index is 0.298. The van der Waals surface area contributed by atoms with Crippen molar-refractivity contribution in [3.05, 3.63) is 18.2 Å². The fourth-order valence-corrected chi connectivity index (χ4v) is 2.74. The van der Waals surface area contributed by atoms with Gasteiger partial charge in [0.15, 0.2) is 5.13 Å². The molecule has 2 rings (SSSR count). The van der Waals surface area contributed by atoms with Gasteiger partial charge in [-0.15, -0.1) is 0 Å². The van der Waals surface area contributed by atoms with Gasteiger partial charge in [-0.3, -0.25) is 0 Å². The molecule has 1 aromatic heterocycles. The molecule has 5 heteroatoms. The van der Waals surface area contributed by atoms with E-state index in [0.29, 0.717) is 6.61 Å². The van der Waals surface area contributed by atoms with Crippen LogP contribution in [0.3, 0.4) is 0 Å². The second-order valence-corrected chi connectivity index (χ2v) is 5.34. The zero-order valence-electron chi connectivity index (χ0n) is 10.4. The fraction of sp³-hybridized carbons (Fsp3) is 0.462. The summed E-state index contributed by atoms with van der Waals surface area (Å²) in [6.45, 7) is 1.23. The summed E-state index contributed by atoms with van der Waals surface area (Å²) in [4.78, 5) is 4.50. The minimum atomic E-state index is 0.298. The van der Waals surface area contributed by atoms with Gasteiger partial charge in [-0.2, -0.15) is 0 Å². The molecular weight excluding hydrogens is 246 g/mol. The number of unbranched alkanes of at least 4 members (excludes halogenated alkanes) is 3. The summed E-state index contributed by atoms with van der Waals surface area (Å²) in [5, 5.41) is 13.0. The second kappa shape index (κ2) is 6.56. The molecule has 1 aromatic carbocycles. The Bertz CT molecular complexity index is 498. The molecule has 2 aromatic rings. The molecule has 4 nitrogen and oxygen atoms in total. The van der Waals surface area contributed by atoms with E-state index in [2.05, 4.69) is 10.3 Å². The Morgan fingerprint density at radius 3 is 2.89 bits per heavy atom. The molecule has 4 N–H and O–H groups in total. The van der Waals surface area contributed by atoms with Crippen molar-refractivity contribution >= 4 is 32.4 Å². The fourth-order valence-electron chi connectivity index (χ4n) is 1.80. The van der Waals surface area contributed by atoms with Gasteiger partial charge in [0.1, 0.15) is 0 Å². The van der Waals surface area contributed by atoms with Crippen LogP contribution in [0.15, 0.2) is 18.2 Å². The lowest BCUT2D eigenvalue weighted by Gasteiger charge is -2.01. The number of nitrogens with one attached hydrogen (secondary N) is 1. The summed E-state index contributed by atoms with van der Waals surface area (Å²) < 4.78 is 1.12. The molecule has 0 fully saturated rings. The van der Waals surface area contributed by atoms with Gasteiger partial charge < -0.3 is 16.2 Å². The maximum absolute atomic E-state index is 8.67. The molecule has 0 aliphatic carbocycles. The average Bonchev–Trinajstić information content (AvgIpc) is 2.75. The molecule has 0 saturated heterocycles. The van der Waals surface area contributed by atoms with Crippen LogP contribution in [0.1, 0.15) is 25.7 Å². The molecule has 0 unspecified atom stereocenters. The normalized spacial score (nSPS) is 10.9. The third kappa shape index (κ3) is 3.58. The van der Waals surface area contributed by atoms with Crippen LogP contribution in [-0.4, -0.2) is 23.2 Å². The van der Waals surface area contributed by atoms with Crippen LogP contribution in [-0.2, 0) is 0 Å². The molecule has 0 spiro atoms. The lowest BCUT2D eigenvalue weighted by molar-refractivity contribution is 0.283. The van der Waals surface area contributed by atoms with E-state index >= 15 is 0 Å². The summed E-state index contributed by atoms with van der Waals surface area (Å²) in [7, 11) is 0. The Hall–Kier alpha value is -1.33. The van der Waals surface area contributed by atoms with E-state index < -0.39 is 0 Å². The number of nitrogens with two attached hydrogens (primary N) is 1. The smallest absolute Gasteiger partial charge is 0.183 e. The van der Waals surface area contributed by atoms with Crippen LogP contribution in [0.4, 0.5) is 10.8 Å². The van der Waals surface area contributed by atoms with E-state index in [1.54, 1.807) is 11.3 Å². The monoisotopic (exact) mass is 265 g/mol. The van der Waals surface area contributed by atoms with Gasteiger partial charge in [0.2, 0.25) is 0 Å². The Balaban J connectivity index is 1.81. The number of anilines is 2. The van der Waals surface area contributed by atoms with Gasteiger partial charge in [0, 0.05) is 18.8 Å². The van der Waals surface area contributed by atoms with E-state index in [0.717, 1.165) is 53.3 Å². The van der Waals surface area contributed by atoms with Gasteiger partial charge in [0.25, 0.3) is 0 Å². The number of nitrogen functional groups attached to an aromatic ring is 1. The van der Waals surface area contributed by atoms with Crippen LogP contribution in [0.2, 0.25) is 0 Å². The zero-order valence-corrected chi connectivity index (χ0v) is 11.2. The van der Waals surface area contributed by atoms with E-state index in [1.807, 2.05) is 18.2 Å². The van der Waals surface area contributed by atoms with Crippen LogP contribution >= 0.6 is 11.3 Å². The molecule has 0 amide bonds. The van der Waals surface area contributed by atoms with Crippen LogP contribution < -0.4 is 11.1 Å². The lowest BCUT2D eigenvalue weighted by atomic mass is 10.2. The molecule has 0 aliphatic rings. The van der Waals surface area contributed by atoms with Crippen molar-refractivity contribution in [3.63, 3.8) is 0 Å². The molecular formula is C13H19N3OS. The van der Waals surface area contributed by atoms with Crippen LogP contribution in [0, 0.1) is 0 Å². The Labute approximate surface area is 111 Å². The largest absolute Gasteiger partial charge is 0.399 e. The molecule has 0 aliphatic heterocycles. The van der Waals surface area contributed by atoms with Gasteiger partial charge in [-0.05, 0) is 31.0 Å². The summed E-state index contributed by atoms with van der Waals surface area (Å²) in [5.41, 5.74) is 7.52. The number of aromatic nitrogens is 1. The summed E-state index contributed by atoms with van der Waals surface area (Å²) in [6.07, 6.45) is 4.25. The highest BCUT2D eigenvalue weighted by atomic mass is 32.1. The lowest BCUT2D eigenvalue weighted by Crippen LogP contribution is -2.00. The Kier molecular flexibility index (Phi) is 4.78. The number of rotatable bonds is 7. The highest BCUT2D eigenvalue weighted by Gasteiger charge is 2.03. The van der Waals surface area contributed by atoms with Crippen molar-refractivity contribution in [3.8, 4) is 0 Å². The molecule has 18 heavy (non-hydrogen) atoms. The van der Waals surface area contributed by atoms with Gasteiger partial charge >= 0.3 is 0 Å². The number of hydrogen-bond acceptors (Lipinski definition) is 5. The SMILES string of the molecule is Nc1ccc2nc(NCCCCCCO)sc2c1. The number of aliphatic hydroxyl groups is 1. The van der Waals surface area contributed by atoms with E-state index in [4.69, 9.17) is 10.8 Å². The first-order valence-corrected chi connectivity index (χ1v) is 7.12. The van der Waals surface area contributed by atoms with Crippen LogP contribution in [0.25, 0.3) is 10.2 Å². The standard InChI is InChI=1S/C13H19N3OS/c14-10-5-6-11-12(9-10)18-13(16-11)15-7-3-1-2-4-8-17/h5-6,9,17H,1-4,7-8,14H2,(H,15,16). The average molecular weight is 265 g/mol. The first-order valence-electron chi connectivity index (χ1n) is 6.30. The van der Waals surface area contributed by atoms with Crippen LogP contribution in [0.5, 0.6) is 0 Å². The molecule has 0 bridgehead atoms. The molecule has 0 atom stereocenters. The quantitative estimate of drug-likeness (QED) is 0.532. The van der Waals surface area contributed by atoms with Gasteiger partial charge in [-0.1, -0.05) is 24.2 Å². The second-order valence-electron chi connectivity index (χ2n) is 4.31. The van der Waals surface area contributed by atoms with Crippen molar-refractivity contribution in [1.82, 2.24) is 4.98 Å². The topological polar surface area (TPSA) is 71.2 Å². The van der Waals surface area contributed by atoms with Gasteiger partial charge in [-0.25, -0.2) is 4.98 Å². The third-order valence-electron chi connectivity index (χ3n) is 2.77. The Morgan fingerprint density at radius 1 is 1.22 bits per heavy atom. The summed E-state index contributed by atoms with van der Waals surface area (Å²) in [6, 6.07) is 5.79. The third-order valence-corrected chi connectivity index (χ3v) is 3.75. The number of benzene rings is 1. The molecule has 0 radical (unpaired) electrons. The van der Waals surface area contributed by atoms with Crippen molar-refractivity contribution in [2.24, 2.45) is 0 Å². The number of thiazole rings is 1. The van der Waals surface area contributed by atoms with E-state index in [9.17, 15) is 0 Å². The molecule has 1 heterocycles. The number of aliphatic hydroxyl groups excluding tert-OH is 1. The summed E-state index contributed by atoms with van der Waals surface area (Å²) >= 11 is 1.64. The number of nitrogens with zero attached hydrogens (tertiary/aromatic N) is 1. The number of fused-ring (bicyclic) bond motifs is 1. The number of hydrogen-bond donors (Lipinski definition) is 3. The highest BCUT2D eigenvalue weighted by molar-refractivity contribution is 7.22. The van der Waals surface area contributed by atoms with E-state index in [1.165, 1.54) is 0 Å². The van der Waals surface area contributed by atoms with Gasteiger partial charge in [0.05, 0.1) is 10.2 Å². The summed E-state index contributed by atoms with van der Waals surface area (Å²) in [5.74, 6) is 0. The van der Waals surface area contributed by atoms with Crippen molar-refractivity contribution in [2.75, 3.05) is 24.2 Å². The molecule has 0 saturated carbocycles. The van der Waals surface area contributed by atoms with Crippen molar-refractivity contribution in [1.29, 1.82) is 0 Å². The highest BCUT2D eigenvalue weighted by Crippen LogP contribution is 2.27. The molecule has 98 valence electrons. The predicted molar refractivity (Wildman–Crippen MR) is 78.1 cm³/mol. The van der Waals surface area contributed by atoms with E-state index in [-0.39, 0.29) is 0 Å².